The molecule has 0 aliphatic rings. The van der Waals surface area contributed by atoms with E-state index in [-0.39, 0.29) is 11.6 Å². The van der Waals surface area contributed by atoms with E-state index in [9.17, 15) is 8.78 Å². The van der Waals surface area contributed by atoms with Gasteiger partial charge in [-0.15, -0.1) is 0 Å². The van der Waals surface area contributed by atoms with E-state index in [1.54, 1.807) is 18.2 Å². The van der Waals surface area contributed by atoms with Gasteiger partial charge >= 0.3 is 0 Å². The largest absolute Gasteiger partial charge is 0.377 e. The second kappa shape index (κ2) is 6.80. The van der Waals surface area contributed by atoms with Crippen LogP contribution in [0.15, 0.2) is 72.8 Å². The molecule has 0 spiro atoms. The van der Waals surface area contributed by atoms with Crippen LogP contribution in [0.4, 0.5) is 14.5 Å². The summed E-state index contributed by atoms with van der Waals surface area (Å²) >= 11 is 0. The third-order valence-corrected chi connectivity index (χ3v) is 4.57. The van der Waals surface area contributed by atoms with Crippen LogP contribution in [0, 0.1) is 11.6 Å². The Morgan fingerprint density at radius 2 is 1.44 bits per heavy atom. The van der Waals surface area contributed by atoms with Gasteiger partial charge in [-0.3, -0.25) is 0 Å². The quantitative estimate of drug-likeness (QED) is 0.451. The summed E-state index contributed by atoms with van der Waals surface area (Å²) in [5, 5.41) is 0.988. The topological polar surface area (TPSA) is 16.1 Å². The van der Waals surface area contributed by atoms with Crippen LogP contribution in [-0.2, 0) is 0 Å². The average Bonchev–Trinajstić information content (AvgIpc) is 2.67. The smallest absolute Gasteiger partial charge is 0.123 e. The monoisotopic (exact) mass is 360 g/mol. The number of rotatable bonds is 3. The first-order valence-electron chi connectivity index (χ1n) is 8.65. The molecule has 0 N–H and O–H groups in total. The van der Waals surface area contributed by atoms with Gasteiger partial charge in [0.2, 0.25) is 0 Å². The van der Waals surface area contributed by atoms with Gasteiger partial charge in [0.05, 0.1) is 11.2 Å². The maximum Gasteiger partial charge on any atom is 0.123 e. The van der Waals surface area contributed by atoms with Crippen molar-refractivity contribution in [1.82, 2.24) is 4.98 Å². The van der Waals surface area contributed by atoms with E-state index in [1.165, 1.54) is 24.3 Å². The van der Waals surface area contributed by atoms with Crippen molar-refractivity contribution in [2.24, 2.45) is 0 Å². The lowest BCUT2D eigenvalue weighted by molar-refractivity contribution is 0.627. The van der Waals surface area contributed by atoms with Gasteiger partial charge in [0.25, 0.3) is 0 Å². The van der Waals surface area contributed by atoms with Crippen LogP contribution in [0.25, 0.3) is 33.3 Å². The van der Waals surface area contributed by atoms with E-state index in [4.69, 9.17) is 4.98 Å². The molecule has 0 saturated heterocycles. The minimum absolute atomic E-state index is 0.255. The minimum Gasteiger partial charge on any atom is -0.377 e. The van der Waals surface area contributed by atoms with Crippen LogP contribution < -0.4 is 4.90 Å². The van der Waals surface area contributed by atoms with Gasteiger partial charge in [-0.25, -0.2) is 13.8 Å². The molecule has 1 aromatic heterocycles. The normalized spacial score (nSPS) is 11.0. The second-order valence-electron chi connectivity index (χ2n) is 6.67. The Kier molecular flexibility index (Phi) is 4.32. The van der Waals surface area contributed by atoms with Gasteiger partial charge in [0, 0.05) is 30.7 Å². The lowest BCUT2D eigenvalue weighted by Crippen LogP contribution is -2.10. The fourth-order valence-electron chi connectivity index (χ4n) is 3.20. The molecule has 4 heteroatoms. The predicted molar refractivity (Wildman–Crippen MR) is 107 cm³/mol. The van der Waals surface area contributed by atoms with Gasteiger partial charge in [-0.05, 0) is 53.6 Å². The zero-order chi connectivity index (χ0) is 19.0. The first-order valence-corrected chi connectivity index (χ1v) is 8.65. The highest BCUT2D eigenvalue weighted by molar-refractivity contribution is 5.96. The summed E-state index contributed by atoms with van der Waals surface area (Å²) < 4.78 is 26.8. The van der Waals surface area contributed by atoms with Gasteiger partial charge in [-0.2, -0.15) is 0 Å². The maximum absolute atomic E-state index is 13.6. The molecule has 134 valence electrons. The third-order valence-electron chi connectivity index (χ3n) is 4.57. The number of fused-ring (bicyclic) bond motifs is 1. The first kappa shape index (κ1) is 17.2. The van der Waals surface area contributed by atoms with Crippen LogP contribution >= 0.6 is 0 Å². The molecule has 0 fully saturated rings. The van der Waals surface area contributed by atoms with E-state index >= 15 is 0 Å². The van der Waals surface area contributed by atoms with Crippen molar-refractivity contribution in [2.45, 2.75) is 0 Å². The van der Waals surface area contributed by atoms with Crippen LogP contribution in [0.1, 0.15) is 0 Å². The van der Waals surface area contributed by atoms with Gasteiger partial charge in [0.1, 0.15) is 11.6 Å². The Labute approximate surface area is 156 Å². The van der Waals surface area contributed by atoms with Crippen LogP contribution in [0.5, 0.6) is 0 Å². The molecule has 27 heavy (non-hydrogen) atoms. The molecule has 0 amide bonds. The molecule has 0 radical (unpaired) electrons. The van der Waals surface area contributed by atoms with Crippen molar-refractivity contribution < 1.29 is 8.78 Å². The number of anilines is 1. The van der Waals surface area contributed by atoms with Crippen LogP contribution in [-0.4, -0.2) is 19.1 Å². The molecule has 0 saturated carbocycles. The van der Waals surface area contributed by atoms with Crippen molar-refractivity contribution in [3.8, 4) is 22.4 Å². The molecule has 0 bridgehead atoms. The SMILES string of the molecule is CN(C)c1cc(-c2cccc(F)c2)nc2ccc(-c3ccc(F)cc3)cc12. The van der Waals surface area contributed by atoms with Crippen LogP contribution in [0.3, 0.4) is 0 Å². The predicted octanol–water partition coefficient (Wildman–Crippen LogP) is 5.91. The number of benzene rings is 3. The molecule has 0 atom stereocenters. The van der Waals surface area contributed by atoms with Crippen LogP contribution in [0.2, 0.25) is 0 Å². The highest BCUT2D eigenvalue weighted by atomic mass is 19.1. The number of pyridine rings is 1. The van der Waals surface area contributed by atoms with E-state index < -0.39 is 0 Å². The summed E-state index contributed by atoms with van der Waals surface area (Å²) in [7, 11) is 3.93. The number of nitrogens with zero attached hydrogens (tertiary/aromatic N) is 2. The van der Waals surface area contributed by atoms with Gasteiger partial charge in [0.15, 0.2) is 0 Å². The molecular weight excluding hydrogens is 342 g/mol. The molecule has 0 aliphatic carbocycles. The van der Waals surface area contributed by atoms with Crippen molar-refractivity contribution in [1.29, 1.82) is 0 Å². The van der Waals surface area contributed by atoms with E-state index in [2.05, 4.69) is 6.07 Å². The molecular formula is C23H18F2N2. The van der Waals surface area contributed by atoms with Crippen molar-refractivity contribution >= 4 is 16.6 Å². The van der Waals surface area contributed by atoms with Crippen molar-refractivity contribution in [3.05, 3.63) is 84.4 Å². The van der Waals surface area contributed by atoms with Crippen molar-refractivity contribution in [3.63, 3.8) is 0 Å². The zero-order valence-electron chi connectivity index (χ0n) is 15.1. The second-order valence-corrected chi connectivity index (χ2v) is 6.67. The zero-order valence-corrected chi connectivity index (χ0v) is 15.1. The Bertz CT molecular complexity index is 1120. The van der Waals surface area contributed by atoms with E-state index in [0.717, 1.165) is 39.0 Å². The number of hydrogen-bond acceptors (Lipinski definition) is 2. The van der Waals surface area contributed by atoms with Gasteiger partial charge < -0.3 is 4.90 Å². The number of hydrogen-bond donors (Lipinski definition) is 0. The summed E-state index contributed by atoms with van der Waals surface area (Å²) in [6.45, 7) is 0. The Morgan fingerprint density at radius 3 is 2.15 bits per heavy atom. The Balaban J connectivity index is 1.90. The third kappa shape index (κ3) is 3.38. The average molecular weight is 360 g/mol. The lowest BCUT2D eigenvalue weighted by atomic mass is 10.0. The fourth-order valence-corrected chi connectivity index (χ4v) is 3.20. The molecule has 0 unspecified atom stereocenters. The molecule has 3 aromatic carbocycles. The first-order chi connectivity index (χ1) is 13.0. The fraction of sp³-hybridized carbons (Fsp3) is 0.0870. The maximum atomic E-state index is 13.6. The molecule has 1 heterocycles. The highest BCUT2D eigenvalue weighted by Gasteiger charge is 2.11. The summed E-state index contributed by atoms with van der Waals surface area (Å²) in [5.41, 5.74) is 5.21. The van der Waals surface area contributed by atoms with E-state index in [1.807, 2.05) is 43.3 Å². The summed E-state index contributed by atoms with van der Waals surface area (Å²) in [6, 6.07) is 20.8. The summed E-state index contributed by atoms with van der Waals surface area (Å²) in [4.78, 5) is 6.74. The van der Waals surface area contributed by atoms with Gasteiger partial charge in [-0.1, -0.05) is 30.3 Å². The molecule has 2 nitrogen and oxygen atoms in total. The summed E-state index contributed by atoms with van der Waals surface area (Å²) in [6.07, 6.45) is 0. The lowest BCUT2D eigenvalue weighted by Gasteiger charge is -2.18. The molecule has 0 aliphatic heterocycles. The van der Waals surface area contributed by atoms with Crippen molar-refractivity contribution in [2.75, 3.05) is 19.0 Å². The standard InChI is InChI=1S/C23H18F2N2/c1-27(2)23-14-22(17-4-3-5-19(25)12-17)26-21-11-8-16(13-20(21)23)15-6-9-18(24)10-7-15/h3-14H,1-2H3. The minimum atomic E-state index is -0.285. The van der Waals surface area contributed by atoms with E-state index in [0.29, 0.717) is 0 Å². The Hall–Kier alpha value is -3.27. The number of halogens is 2. The Morgan fingerprint density at radius 1 is 0.704 bits per heavy atom. The number of aromatic nitrogens is 1. The molecule has 4 rings (SSSR count). The highest BCUT2D eigenvalue weighted by Crippen LogP contribution is 2.33. The molecule has 4 aromatic rings. The summed E-state index contributed by atoms with van der Waals surface area (Å²) in [5.74, 6) is -0.539.